The number of ether oxygens (including phenoxy) is 1. The third-order valence-electron chi connectivity index (χ3n) is 3.60. The van der Waals surface area contributed by atoms with Gasteiger partial charge in [-0.05, 0) is 42.5 Å². The summed E-state index contributed by atoms with van der Waals surface area (Å²) in [4.78, 5) is 20.8. The van der Waals surface area contributed by atoms with E-state index in [4.69, 9.17) is 16.3 Å². The molecule has 6 nitrogen and oxygen atoms in total. The Balaban J connectivity index is 1.67. The summed E-state index contributed by atoms with van der Waals surface area (Å²) in [6.45, 7) is 0.556. The van der Waals surface area contributed by atoms with Gasteiger partial charge in [-0.3, -0.25) is 14.8 Å². The topological polar surface area (TPSA) is 76.1 Å². The zero-order chi connectivity index (χ0) is 18.4. The summed E-state index contributed by atoms with van der Waals surface area (Å²) < 4.78 is 5.10. The molecule has 0 aliphatic carbocycles. The molecule has 132 valence electrons. The van der Waals surface area contributed by atoms with Gasteiger partial charge in [0, 0.05) is 23.8 Å². The first-order valence-electron chi connectivity index (χ1n) is 7.90. The minimum Gasteiger partial charge on any atom is -0.495 e. The maximum absolute atomic E-state index is 12.4. The number of carbonyl (C=O) groups is 1. The Kier molecular flexibility index (Phi) is 5.66. The average Bonchev–Trinajstić information content (AvgIpc) is 2.67. The normalized spacial score (nSPS) is 10.2. The van der Waals surface area contributed by atoms with E-state index in [9.17, 15) is 4.79 Å². The van der Waals surface area contributed by atoms with Crippen molar-refractivity contribution in [3.05, 3.63) is 77.3 Å². The van der Waals surface area contributed by atoms with Gasteiger partial charge >= 0.3 is 0 Å². The van der Waals surface area contributed by atoms with E-state index in [2.05, 4.69) is 20.6 Å². The Bertz CT molecular complexity index is 903. The van der Waals surface area contributed by atoms with Crippen LogP contribution in [0.3, 0.4) is 0 Å². The molecular formula is C19H17ClN4O2. The Hall–Kier alpha value is -3.12. The van der Waals surface area contributed by atoms with Crippen molar-refractivity contribution in [1.29, 1.82) is 0 Å². The van der Waals surface area contributed by atoms with Crippen LogP contribution in [0, 0.1) is 0 Å². The van der Waals surface area contributed by atoms with Gasteiger partial charge in [-0.1, -0.05) is 17.7 Å². The molecule has 3 rings (SSSR count). The molecule has 3 aromatic rings. The number of nitrogens with zero attached hydrogens (tertiary/aromatic N) is 2. The van der Waals surface area contributed by atoms with Crippen LogP contribution >= 0.6 is 11.6 Å². The summed E-state index contributed by atoms with van der Waals surface area (Å²) >= 11 is 6.08. The van der Waals surface area contributed by atoms with Crippen LogP contribution in [-0.4, -0.2) is 23.0 Å². The van der Waals surface area contributed by atoms with Crippen LogP contribution in [0.1, 0.15) is 16.2 Å². The lowest BCUT2D eigenvalue weighted by atomic mass is 10.2. The molecular weight excluding hydrogens is 352 g/mol. The number of carbonyl (C=O) groups excluding carboxylic acids is 1. The number of benzene rings is 1. The monoisotopic (exact) mass is 368 g/mol. The third kappa shape index (κ3) is 4.49. The first-order chi connectivity index (χ1) is 12.7. The fourth-order valence-corrected chi connectivity index (χ4v) is 2.56. The lowest BCUT2D eigenvalue weighted by molar-refractivity contribution is 0.102. The molecule has 2 aromatic heterocycles. The number of anilines is 2. The zero-order valence-electron chi connectivity index (χ0n) is 14.1. The number of amides is 1. The quantitative estimate of drug-likeness (QED) is 0.687. The number of aromatic nitrogens is 2. The van der Waals surface area contributed by atoms with Crippen molar-refractivity contribution in [1.82, 2.24) is 9.97 Å². The van der Waals surface area contributed by atoms with E-state index >= 15 is 0 Å². The Morgan fingerprint density at radius 1 is 1.08 bits per heavy atom. The van der Waals surface area contributed by atoms with Crippen molar-refractivity contribution < 1.29 is 9.53 Å². The van der Waals surface area contributed by atoms with Crippen molar-refractivity contribution in [2.45, 2.75) is 6.54 Å². The van der Waals surface area contributed by atoms with Crippen LogP contribution in [0.5, 0.6) is 5.75 Å². The summed E-state index contributed by atoms with van der Waals surface area (Å²) in [5, 5.41) is 6.41. The molecule has 0 bridgehead atoms. The van der Waals surface area contributed by atoms with E-state index in [1.165, 1.54) is 7.11 Å². The van der Waals surface area contributed by atoms with E-state index in [-0.39, 0.29) is 5.91 Å². The van der Waals surface area contributed by atoms with Crippen molar-refractivity contribution >= 4 is 28.9 Å². The number of nitrogens with one attached hydrogen (secondary N) is 2. The fourth-order valence-electron chi connectivity index (χ4n) is 2.30. The number of rotatable bonds is 6. The molecule has 0 radical (unpaired) electrons. The summed E-state index contributed by atoms with van der Waals surface area (Å²) in [6, 6.07) is 14.2. The molecule has 0 aliphatic rings. The highest BCUT2D eigenvalue weighted by Gasteiger charge is 2.10. The average molecular weight is 369 g/mol. The second-order valence-electron chi connectivity index (χ2n) is 5.41. The Labute approximate surface area is 156 Å². The molecule has 26 heavy (non-hydrogen) atoms. The van der Waals surface area contributed by atoms with Crippen LogP contribution in [0.15, 0.2) is 60.9 Å². The highest BCUT2D eigenvalue weighted by atomic mass is 35.5. The molecule has 0 saturated heterocycles. The predicted octanol–water partition coefficient (Wildman–Crippen LogP) is 4.00. The van der Waals surface area contributed by atoms with Crippen LogP contribution < -0.4 is 15.4 Å². The number of hydrogen-bond acceptors (Lipinski definition) is 5. The predicted molar refractivity (Wildman–Crippen MR) is 102 cm³/mol. The van der Waals surface area contributed by atoms with E-state index in [1.807, 2.05) is 18.2 Å². The lowest BCUT2D eigenvalue weighted by Gasteiger charge is -2.09. The minimum atomic E-state index is -0.326. The SMILES string of the molecule is COc1ccc(NC(=O)c2cc(NCc3ccccn3)ccn2)cc1Cl. The molecule has 0 aliphatic heterocycles. The molecule has 7 heteroatoms. The van der Waals surface area contributed by atoms with Gasteiger partial charge in [0.15, 0.2) is 0 Å². The van der Waals surface area contributed by atoms with Gasteiger partial charge in [0.2, 0.25) is 0 Å². The van der Waals surface area contributed by atoms with Crippen molar-refractivity contribution in [2.75, 3.05) is 17.7 Å². The minimum absolute atomic E-state index is 0.294. The van der Waals surface area contributed by atoms with Crippen LogP contribution in [0.4, 0.5) is 11.4 Å². The van der Waals surface area contributed by atoms with Gasteiger partial charge in [0.05, 0.1) is 24.4 Å². The van der Waals surface area contributed by atoms with Gasteiger partial charge in [0.1, 0.15) is 11.4 Å². The molecule has 0 atom stereocenters. The lowest BCUT2D eigenvalue weighted by Crippen LogP contribution is -2.14. The molecule has 2 heterocycles. The second kappa shape index (κ2) is 8.31. The number of halogens is 1. The van der Waals surface area contributed by atoms with E-state index < -0.39 is 0 Å². The van der Waals surface area contributed by atoms with Crippen LogP contribution in [0.25, 0.3) is 0 Å². The molecule has 0 spiro atoms. The van der Waals surface area contributed by atoms with Gasteiger partial charge in [-0.15, -0.1) is 0 Å². The maximum atomic E-state index is 12.4. The molecule has 0 fully saturated rings. The van der Waals surface area contributed by atoms with Gasteiger partial charge < -0.3 is 15.4 Å². The third-order valence-corrected chi connectivity index (χ3v) is 3.90. The Morgan fingerprint density at radius 2 is 1.96 bits per heavy atom. The van der Waals surface area contributed by atoms with E-state index in [1.54, 1.807) is 42.7 Å². The molecule has 1 amide bonds. The highest BCUT2D eigenvalue weighted by molar-refractivity contribution is 6.32. The van der Waals surface area contributed by atoms with Crippen molar-refractivity contribution in [3.63, 3.8) is 0 Å². The summed E-state index contributed by atoms with van der Waals surface area (Å²) in [5.41, 5.74) is 2.55. The van der Waals surface area contributed by atoms with Gasteiger partial charge in [-0.25, -0.2) is 0 Å². The summed E-state index contributed by atoms with van der Waals surface area (Å²) in [5.74, 6) is 0.219. The summed E-state index contributed by atoms with van der Waals surface area (Å²) in [6.07, 6.45) is 3.32. The fraction of sp³-hybridized carbons (Fsp3) is 0.105. The summed E-state index contributed by atoms with van der Waals surface area (Å²) in [7, 11) is 1.53. The first kappa shape index (κ1) is 17.7. The van der Waals surface area contributed by atoms with Gasteiger partial charge in [0.25, 0.3) is 5.91 Å². The second-order valence-corrected chi connectivity index (χ2v) is 5.82. The highest BCUT2D eigenvalue weighted by Crippen LogP contribution is 2.27. The standard InChI is InChI=1S/C19H17ClN4O2/c1-26-18-6-5-14(10-16(18)20)24-19(25)17-11-13(7-9-22-17)23-12-15-4-2-3-8-21-15/h2-11H,12H2,1H3,(H,22,23)(H,24,25). The largest absolute Gasteiger partial charge is 0.495 e. The zero-order valence-corrected chi connectivity index (χ0v) is 14.8. The first-order valence-corrected chi connectivity index (χ1v) is 8.28. The molecule has 1 aromatic carbocycles. The smallest absolute Gasteiger partial charge is 0.274 e. The maximum Gasteiger partial charge on any atom is 0.274 e. The van der Waals surface area contributed by atoms with Crippen LogP contribution in [-0.2, 0) is 6.54 Å². The molecule has 0 saturated carbocycles. The van der Waals surface area contributed by atoms with Crippen LogP contribution in [0.2, 0.25) is 5.02 Å². The van der Waals surface area contributed by atoms with Crippen molar-refractivity contribution in [3.8, 4) is 5.75 Å². The number of pyridine rings is 2. The number of methoxy groups -OCH3 is 1. The van der Waals surface area contributed by atoms with Gasteiger partial charge in [-0.2, -0.15) is 0 Å². The van der Waals surface area contributed by atoms with E-state index in [0.717, 1.165) is 11.4 Å². The molecule has 2 N–H and O–H groups in total. The van der Waals surface area contributed by atoms with E-state index in [0.29, 0.717) is 28.7 Å². The number of hydrogen-bond donors (Lipinski definition) is 2. The Morgan fingerprint density at radius 3 is 2.69 bits per heavy atom. The van der Waals surface area contributed by atoms with Crippen molar-refractivity contribution in [2.24, 2.45) is 0 Å². The molecule has 0 unspecified atom stereocenters.